The van der Waals surface area contributed by atoms with Crippen molar-refractivity contribution in [2.45, 2.75) is 64.7 Å². The highest BCUT2D eigenvalue weighted by Crippen LogP contribution is 2.26. The molecule has 0 saturated carbocycles. The molecule has 5 heteroatoms. The molecule has 1 aromatic carbocycles. The fourth-order valence-electron chi connectivity index (χ4n) is 2.98. The summed E-state index contributed by atoms with van der Waals surface area (Å²) in [5.74, 6) is 0. The molecule has 23 heavy (non-hydrogen) atoms. The Hall–Kier alpha value is -0.390. The molecule has 132 valence electrons. The number of rotatable bonds is 10. The first-order valence-electron chi connectivity index (χ1n) is 8.48. The maximum atomic E-state index is 13.2. The molecule has 0 bridgehead atoms. The van der Waals surface area contributed by atoms with Gasteiger partial charge in [-0.05, 0) is 51.2 Å². The van der Waals surface area contributed by atoms with E-state index < -0.39 is 10.0 Å². The second-order valence-corrected chi connectivity index (χ2v) is 8.90. The van der Waals surface area contributed by atoms with Crippen LogP contribution in [0.5, 0.6) is 0 Å². The zero-order chi connectivity index (χ0) is 17.5. The van der Waals surface area contributed by atoms with Gasteiger partial charge in [0.2, 0.25) is 10.0 Å². The molecule has 0 radical (unpaired) electrons. The Labute approximate surface area is 150 Å². The van der Waals surface area contributed by atoms with E-state index in [0.29, 0.717) is 18.0 Å². The summed E-state index contributed by atoms with van der Waals surface area (Å²) in [7, 11) is -3.42. The van der Waals surface area contributed by atoms with Crippen LogP contribution in [0.1, 0.15) is 55.7 Å². The number of aryl methyl sites for hydroxylation is 3. The molecule has 1 aromatic rings. The van der Waals surface area contributed by atoms with Gasteiger partial charge < -0.3 is 0 Å². The van der Waals surface area contributed by atoms with E-state index in [1.54, 1.807) is 4.31 Å². The molecule has 1 rings (SSSR count). The third-order valence-corrected chi connectivity index (χ3v) is 6.77. The minimum atomic E-state index is -3.42. The standard InChI is InChI=1S/C18H30BrNO2S/c1-5-6-8-11-20(12-9-7-10-19)23(21,22)18-16(3)13-15(2)14-17(18)4/h13-14H,5-12H2,1-4H3. The van der Waals surface area contributed by atoms with E-state index in [9.17, 15) is 8.42 Å². The van der Waals surface area contributed by atoms with Crippen LogP contribution in [-0.2, 0) is 10.0 Å². The van der Waals surface area contributed by atoms with Crippen molar-refractivity contribution in [1.29, 1.82) is 0 Å². The van der Waals surface area contributed by atoms with Gasteiger partial charge in [-0.3, -0.25) is 0 Å². The molecule has 0 aromatic heterocycles. The fraction of sp³-hybridized carbons (Fsp3) is 0.667. The van der Waals surface area contributed by atoms with Gasteiger partial charge in [0.25, 0.3) is 0 Å². The van der Waals surface area contributed by atoms with Crippen LogP contribution in [0.4, 0.5) is 0 Å². The number of hydrogen-bond acceptors (Lipinski definition) is 2. The van der Waals surface area contributed by atoms with E-state index in [2.05, 4.69) is 22.9 Å². The SMILES string of the molecule is CCCCCN(CCCCBr)S(=O)(=O)c1c(C)cc(C)cc1C. The van der Waals surface area contributed by atoms with Crippen molar-refractivity contribution in [3.63, 3.8) is 0 Å². The third-order valence-electron chi connectivity index (χ3n) is 4.00. The summed E-state index contributed by atoms with van der Waals surface area (Å²) in [5.41, 5.74) is 2.81. The summed E-state index contributed by atoms with van der Waals surface area (Å²) in [6, 6.07) is 3.92. The zero-order valence-electron chi connectivity index (χ0n) is 14.9. The average Bonchev–Trinajstić information content (AvgIpc) is 2.44. The lowest BCUT2D eigenvalue weighted by atomic mass is 10.1. The zero-order valence-corrected chi connectivity index (χ0v) is 17.3. The Balaban J connectivity index is 3.10. The van der Waals surface area contributed by atoms with Crippen LogP contribution in [0.3, 0.4) is 0 Å². The average molecular weight is 404 g/mol. The Kier molecular flexibility index (Phi) is 8.80. The van der Waals surface area contributed by atoms with Crippen LogP contribution in [0.25, 0.3) is 0 Å². The first-order chi connectivity index (χ1) is 10.8. The molecule has 0 fully saturated rings. The molecular formula is C18H30BrNO2S. The lowest BCUT2D eigenvalue weighted by molar-refractivity contribution is 0.392. The smallest absolute Gasteiger partial charge is 0.207 e. The van der Waals surface area contributed by atoms with Crippen molar-refractivity contribution >= 4 is 26.0 Å². The second kappa shape index (κ2) is 9.80. The number of unbranched alkanes of at least 4 members (excludes halogenated alkanes) is 3. The first kappa shape index (κ1) is 20.7. The van der Waals surface area contributed by atoms with Gasteiger partial charge in [0.1, 0.15) is 0 Å². The van der Waals surface area contributed by atoms with Crippen molar-refractivity contribution in [2.24, 2.45) is 0 Å². The second-order valence-electron chi connectivity index (χ2n) is 6.24. The highest BCUT2D eigenvalue weighted by molar-refractivity contribution is 9.09. The molecule has 0 aliphatic rings. The summed E-state index contributed by atoms with van der Waals surface area (Å²) in [4.78, 5) is 0.499. The summed E-state index contributed by atoms with van der Waals surface area (Å²) in [6.45, 7) is 9.16. The van der Waals surface area contributed by atoms with Gasteiger partial charge in [0.05, 0.1) is 4.90 Å². The minimum Gasteiger partial charge on any atom is -0.207 e. The van der Waals surface area contributed by atoms with Crippen molar-refractivity contribution < 1.29 is 8.42 Å². The number of nitrogens with zero attached hydrogens (tertiary/aromatic N) is 1. The highest BCUT2D eigenvalue weighted by atomic mass is 79.9. The largest absolute Gasteiger partial charge is 0.243 e. The van der Waals surface area contributed by atoms with E-state index >= 15 is 0 Å². The van der Waals surface area contributed by atoms with Crippen LogP contribution in [0, 0.1) is 20.8 Å². The predicted octanol–water partition coefficient (Wildman–Crippen LogP) is 4.97. The molecule has 0 aliphatic heterocycles. The van der Waals surface area contributed by atoms with E-state index in [-0.39, 0.29) is 0 Å². The van der Waals surface area contributed by atoms with Crippen molar-refractivity contribution in [3.8, 4) is 0 Å². The van der Waals surface area contributed by atoms with Gasteiger partial charge in [0, 0.05) is 18.4 Å². The molecule has 0 aliphatic carbocycles. The fourth-order valence-corrected chi connectivity index (χ4v) is 5.30. The topological polar surface area (TPSA) is 37.4 Å². The molecule has 0 heterocycles. The van der Waals surface area contributed by atoms with Gasteiger partial charge >= 0.3 is 0 Å². The van der Waals surface area contributed by atoms with Gasteiger partial charge in [0.15, 0.2) is 0 Å². The molecule has 0 saturated heterocycles. The van der Waals surface area contributed by atoms with E-state index in [4.69, 9.17) is 0 Å². The number of halogens is 1. The molecule has 0 unspecified atom stereocenters. The van der Waals surface area contributed by atoms with Gasteiger partial charge in [-0.25, -0.2) is 8.42 Å². The van der Waals surface area contributed by atoms with E-state index in [1.807, 2.05) is 32.9 Å². The predicted molar refractivity (Wildman–Crippen MR) is 102 cm³/mol. The van der Waals surface area contributed by atoms with Crippen LogP contribution in [0.2, 0.25) is 0 Å². The van der Waals surface area contributed by atoms with Crippen LogP contribution in [-0.4, -0.2) is 31.1 Å². The molecule has 0 N–H and O–H groups in total. The molecule has 0 atom stereocenters. The normalized spacial score (nSPS) is 12.1. The Morgan fingerprint density at radius 1 is 0.957 bits per heavy atom. The molecular weight excluding hydrogens is 374 g/mol. The maximum Gasteiger partial charge on any atom is 0.243 e. The summed E-state index contributed by atoms with van der Waals surface area (Å²) >= 11 is 3.42. The summed E-state index contributed by atoms with van der Waals surface area (Å²) in [6.07, 6.45) is 4.97. The Morgan fingerprint density at radius 2 is 1.48 bits per heavy atom. The quantitative estimate of drug-likeness (QED) is 0.408. The highest BCUT2D eigenvalue weighted by Gasteiger charge is 2.27. The van der Waals surface area contributed by atoms with Crippen molar-refractivity contribution in [2.75, 3.05) is 18.4 Å². The third kappa shape index (κ3) is 5.87. The van der Waals surface area contributed by atoms with Crippen LogP contribution in [0.15, 0.2) is 17.0 Å². The van der Waals surface area contributed by atoms with E-state index in [0.717, 1.165) is 54.1 Å². The number of hydrogen-bond donors (Lipinski definition) is 0. The molecule has 3 nitrogen and oxygen atoms in total. The van der Waals surface area contributed by atoms with Gasteiger partial charge in [-0.15, -0.1) is 0 Å². The summed E-state index contributed by atoms with van der Waals surface area (Å²) < 4.78 is 28.1. The number of alkyl halides is 1. The minimum absolute atomic E-state index is 0.499. The van der Waals surface area contributed by atoms with Crippen molar-refractivity contribution in [3.05, 3.63) is 28.8 Å². The van der Waals surface area contributed by atoms with Crippen molar-refractivity contribution in [1.82, 2.24) is 4.31 Å². The Bertz CT molecular complexity index is 566. The lowest BCUT2D eigenvalue weighted by Gasteiger charge is -2.24. The first-order valence-corrected chi connectivity index (χ1v) is 11.0. The molecule has 0 spiro atoms. The summed E-state index contributed by atoms with van der Waals surface area (Å²) in [5, 5.41) is 0.915. The van der Waals surface area contributed by atoms with Gasteiger partial charge in [-0.2, -0.15) is 4.31 Å². The van der Waals surface area contributed by atoms with Crippen LogP contribution >= 0.6 is 15.9 Å². The van der Waals surface area contributed by atoms with Gasteiger partial charge in [-0.1, -0.05) is 53.4 Å². The van der Waals surface area contributed by atoms with E-state index in [1.165, 1.54) is 0 Å². The lowest BCUT2D eigenvalue weighted by Crippen LogP contribution is -2.34. The maximum absolute atomic E-state index is 13.2. The monoisotopic (exact) mass is 403 g/mol. The molecule has 0 amide bonds. The Morgan fingerprint density at radius 3 is 1.96 bits per heavy atom. The van der Waals surface area contributed by atoms with Crippen LogP contribution < -0.4 is 0 Å². The number of benzene rings is 1. The number of sulfonamides is 1.